The van der Waals surface area contributed by atoms with Gasteiger partial charge in [0.05, 0.1) is 11.8 Å². The molecule has 198 valence electrons. The highest BCUT2D eigenvalue weighted by Crippen LogP contribution is 2.47. The Labute approximate surface area is 216 Å². The molecule has 10 heteroatoms. The fourth-order valence-corrected chi connectivity index (χ4v) is 5.00. The van der Waals surface area contributed by atoms with Crippen molar-refractivity contribution in [3.63, 3.8) is 0 Å². The summed E-state index contributed by atoms with van der Waals surface area (Å²) in [4.78, 5) is 26.6. The molecule has 0 spiro atoms. The van der Waals surface area contributed by atoms with Crippen molar-refractivity contribution in [1.29, 1.82) is 0 Å². The number of halogens is 4. The first kappa shape index (κ1) is 26.0. The first-order valence-electron chi connectivity index (χ1n) is 12.2. The minimum atomic E-state index is -2.79. The number of aryl methyl sites for hydroxylation is 2. The van der Waals surface area contributed by atoms with Gasteiger partial charge < -0.3 is 4.74 Å². The van der Waals surface area contributed by atoms with E-state index in [0.717, 1.165) is 12.1 Å². The van der Waals surface area contributed by atoms with Gasteiger partial charge in [-0.25, -0.2) is 27.5 Å². The van der Waals surface area contributed by atoms with Gasteiger partial charge in [-0.3, -0.25) is 14.2 Å². The Morgan fingerprint density at radius 2 is 1.87 bits per heavy atom. The number of rotatable bonds is 4. The topological polar surface area (TPSA) is 69.4 Å². The SMILES string of the molecule is Cc1cc(C2CC(c3cn4c(=O)c(C)c(C)nc4c(-c4ccc(F)cc4F)n3)CC(C)(C(F)F)O2)ccn1. The standard InChI is InChI=1S/C28H26F4N4O2/c1-14-9-17(7-8-33-14)23-10-18(12-28(4,38-23)27(31)32)22-13-36-25(34-16(3)15(2)26(36)37)24(35-22)20-6-5-19(29)11-21(20)30/h5-9,11,13,18,23,27H,10,12H2,1-4H3. The van der Waals surface area contributed by atoms with Crippen LogP contribution in [0, 0.1) is 32.4 Å². The number of nitrogens with zero attached hydrogens (tertiary/aromatic N) is 4. The fraction of sp³-hybridized carbons (Fsp3) is 0.357. The van der Waals surface area contributed by atoms with Gasteiger partial charge in [0.2, 0.25) is 0 Å². The van der Waals surface area contributed by atoms with Crippen molar-refractivity contribution in [3.8, 4) is 11.3 Å². The molecule has 0 saturated carbocycles. The second-order valence-corrected chi connectivity index (χ2v) is 10.0. The molecule has 0 aliphatic carbocycles. The van der Waals surface area contributed by atoms with Crippen LogP contribution in [0.25, 0.3) is 16.9 Å². The number of hydrogen-bond acceptors (Lipinski definition) is 5. The predicted molar refractivity (Wildman–Crippen MR) is 133 cm³/mol. The number of benzene rings is 1. The van der Waals surface area contributed by atoms with Crippen LogP contribution < -0.4 is 5.56 Å². The summed E-state index contributed by atoms with van der Waals surface area (Å²) in [6, 6.07) is 6.55. The summed E-state index contributed by atoms with van der Waals surface area (Å²) < 4.78 is 64.5. The highest BCUT2D eigenvalue weighted by Gasteiger charge is 2.46. The molecule has 4 aromatic rings. The molecule has 3 atom stereocenters. The molecule has 0 bridgehead atoms. The van der Waals surface area contributed by atoms with Crippen molar-refractivity contribution >= 4 is 5.65 Å². The van der Waals surface area contributed by atoms with Crippen LogP contribution in [0.2, 0.25) is 0 Å². The monoisotopic (exact) mass is 526 g/mol. The van der Waals surface area contributed by atoms with E-state index in [2.05, 4.69) is 15.0 Å². The van der Waals surface area contributed by atoms with Gasteiger partial charge in [0.15, 0.2) is 5.65 Å². The highest BCUT2D eigenvalue weighted by molar-refractivity contribution is 5.74. The zero-order valence-corrected chi connectivity index (χ0v) is 21.3. The summed E-state index contributed by atoms with van der Waals surface area (Å²) in [7, 11) is 0. The maximum atomic E-state index is 14.9. The molecule has 5 rings (SSSR count). The second-order valence-electron chi connectivity index (χ2n) is 10.0. The van der Waals surface area contributed by atoms with Crippen LogP contribution in [0.5, 0.6) is 0 Å². The number of aromatic nitrogens is 4. The Kier molecular flexibility index (Phi) is 6.54. The highest BCUT2D eigenvalue weighted by atomic mass is 19.3. The Hall–Kier alpha value is -3.66. The van der Waals surface area contributed by atoms with Crippen LogP contribution in [0.4, 0.5) is 17.6 Å². The summed E-state index contributed by atoms with van der Waals surface area (Å²) in [5.74, 6) is -2.21. The Balaban J connectivity index is 1.72. The van der Waals surface area contributed by atoms with Crippen LogP contribution >= 0.6 is 0 Å². The lowest BCUT2D eigenvalue weighted by molar-refractivity contribution is -0.192. The van der Waals surface area contributed by atoms with E-state index in [1.165, 1.54) is 23.6 Å². The van der Waals surface area contributed by atoms with Crippen molar-refractivity contribution in [2.75, 3.05) is 0 Å². The number of hydrogen-bond donors (Lipinski definition) is 0. The number of fused-ring (bicyclic) bond motifs is 1. The lowest BCUT2D eigenvalue weighted by Crippen LogP contribution is -2.44. The molecule has 3 unspecified atom stereocenters. The van der Waals surface area contributed by atoms with Crippen LogP contribution in [0.3, 0.4) is 0 Å². The quantitative estimate of drug-likeness (QED) is 0.305. The van der Waals surface area contributed by atoms with Crippen molar-refractivity contribution in [3.05, 3.63) is 92.9 Å². The molecule has 1 aliphatic rings. The molecule has 1 aromatic carbocycles. The summed E-state index contributed by atoms with van der Waals surface area (Å²) in [6.07, 6.45) is -0.187. The van der Waals surface area contributed by atoms with Crippen molar-refractivity contribution < 1.29 is 22.3 Å². The molecule has 38 heavy (non-hydrogen) atoms. The van der Waals surface area contributed by atoms with Crippen LogP contribution in [0.1, 0.15) is 60.0 Å². The lowest BCUT2D eigenvalue weighted by atomic mass is 9.81. The molecular formula is C28H26F4N4O2. The van der Waals surface area contributed by atoms with Crippen molar-refractivity contribution in [1.82, 2.24) is 19.4 Å². The number of pyridine rings is 1. The summed E-state index contributed by atoms with van der Waals surface area (Å²) in [5.41, 5.74) is 0.453. The third-order valence-electron chi connectivity index (χ3n) is 7.22. The minimum Gasteiger partial charge on any atom is -0.361 e. The van der Waals surface area contributed by atoms with Gasteiger partial charge in [-0.05, 0) is 70.4 Å². The third-order valence-corrected chi connectivity index (χ3v) is 7.22. The molecule has 6 nitrogen and oxygen atoms in total. The largest absolute Gasteiger partial charge is 0.361 e. The number of ether oxygens (including phenoxy) is 1. The maximum Gasteiger partial charge on any atom is 0.266 e. The van der Waals surface area contributed by atoms with E-state index in [1.807, 2.05) is 0 Å². The molecule has 3 aromatic heterocycles. The molecule has 0 amide bonds. The normalized spacial score (nSPS) is 21.8. The van der Waals surface area contributed by atoms with E-state index in [-0.39, 0.29) is 28.9 Å². The molecular weight excluding hydrogens is 500 g/mol. The van der Waals surface area contributed by atoms with E-state index >= 15 is 0 Å². The summed E-state index contributed by atoms with van der Waals surface area (Å²) in [5, 5.41) is 0. The van der Waals surface area contributed by atoms with E-state index < -0.39 is 35.7 Å². The smallest absolute Gasteiger partial charge is 0.266 e. The maximum absolute atomic E-state index is 14.9. The predicted octanol–water partition coefficient (Wildman–Crippen LogP) is 6.01. The van der Waals surface area contributed by atoms with Gasteiger partial charge >= 0.3 is 0 Å². The zero-order chi connectivity index (χ0) is 27.4. The Morgan fingerprint density at radius 3 is 2.55 bits per heavy atom. The van der Waals surface area contributed by atoms with Crippen molar-refractivity contribution in [2.45, 2.75) is 64.6 Å². The van der Waals surface area contributed by atoms with Gasteiger partial charge in [0.1, 0.15) is 22.9 Å². The first-order chi connectivity index (χ1) is 18.0. The molecule has 0 N–H and O–H groups in total. The molecule has 4 heterocycles. The van der Waals surface area contributed by atoms with Crippen molar-refractivity contribution in [2.24, 2.45) is 0 Å². The van der Waals surface area contributed by atoms with Crippen LogP contribution in [0.15, 0.2) is 47.5 Å². The van der Waals surface area contributed by atoms with Gasteiger partial charge in [0, 0.05) is 46.9 Å². The van der Waals surface area contributed by atoms with Crippen LogP contribution in [-0.4, -0.2) is 31.4 Å². The van der Waals surface area contributed by atoms with Gasteiger partial charge in [-0.2, -0.15) is 0 Å². The van der Waals surface area contributed by atoms with E-state index in [4.69, 9.17) is 4.74 Å². The molecule has 1 saturated heterocycles. The average Bonchev–Trinajstić information content (AvgIpc) is 2.87. The Morgan fingerprint density at radius 1 is 1.11 bits per heavy atom. The van der Waals surface area contributed by atoms with Gasteiger partial charge in [0.25, 0.3) is 12.0 Å². The van der Waals surface area contributed by atoms with E-state index in [0.29, 0.717) is 34.6 Å². The lowest BCUT2D eigenvalue weighted by Gasteiger charge is -2.42. The molecule has 1 aliphatic heterocycles. The van der Waals surface area contributed by atoms with Crippen LogP contribution in [-0.2, 0) is 4.74 Å². The minimum absolute atomic E-state index is 0.0294. The second kappa shape index (κ2) is 9.58. The molecule has 0 radical (unpaired) electrons. The average molecular weight is 527 g/mol. The van der Waals surface area contributed by atoms with E-state index in [1.54, 1.807) is 39.1 Å². The first-order valence-corrected chi connectivity index (χ1v) is 12.2. The van der Waals surface area contributed by atoms with Gasteiger partial charge in [-0.1, -0.05) is 0 Å². The summed E-state index contributed by atoms with van der Waals surface area (Å²) >= 11 is 0. The van der Waals surface area contributed by atoms with E-state index in [9.17, 15) is 22.4 Å². The number of alkyl halides is 2. The summed E-state index contributed by atoms with van der Waals surface area (Å²) in [6.45, 7) is 6.44. The molecule has 1 fully saturated rings. The Bertz CT molecular complexity index is 1610. The fourth-order valence-electron chi connectivity index (χ4n) is 5.00. The third kappa shape index (κ3) is 4.57. The zero-order valence-electron chi connectivity index (χ0n) is 21.3. The van der Waals surface area contributed by atoms with Gasteiger partial charge in [-0.15, -0.1) is 0 Å².